The Morgan fingerprint density at radius 2 is 2.25 bits per heavy atom. The van der Waals surface area contributed by atoms with Crippen LogP contribution in [0.1, 0.15) is 43.1 Å². The molecule has 0 aliphatic heterocycles. The van der Waals surface area contributed by atoms with E-state index in [1.165, 1.54) is 25.7 Å². The Morgan fingerprint density at radius 3 is 2.90 bits per heavy atom. The summed E-state index contributed by atoms with van der Waals surface area (Å²) < 4.78 is 0. The molecule has 3 N–H and O–H groups in total. The number of nitrogens with zero attached hydrogens (tertiary/aromatic N) is 2. The maximum absolute atomic E-state index is 11.9. The van der Waals surface area contributed by atoms with Gasteiger partial charge >= 0.3 is 0 Å². The Hall–Kier alpha value is -1.62. The molecule has 2 rings (SSSR count). The quantitative estimate of drug-likeness (QED) is 0.827. The molecule has 0 atom stereocenters. The summed E-state index contributed by atoms with van der Waals surface area (Å²) in [5.74, 6) is -0.117. The van der Waals surface area contributed by atoms with Crippen LogP contribution in [0.5, 0.6) is 0 Å². The van der Waals surface area contributed by atoms with Gasteiger partial charge in [0.05, 0.1) is 0 Å². The zero-order valence-electron chi connectivity index (χ0n) is 12.1. The van der Waals surface area contributed by atoms with Crippen molar-refractivity contribution in [1.29, 1.82) is 0 Å². The molecule has 0 aromatic carbocycles. The average Bonchev–Trinajstić information content (AvgIpc) is 2.99. The van der Waals surface area contributed by atoms with E-state index in [0.717, 1.165) is 12.2 Å². The number of amides is 1. The van der Waals surface area contributed by atoms with E-state index < -0.39 is 0 Å². The molecule has 0 bridgehead atoms. The molecule has 5 heteroatoms. The predicted molar refractivity (Wildman–Crippen MR) is 80.9 cm³/mol. The Kier molecular flexibility index (Phi) is 5.35. The van der Waals surface area contributed by atoms with Crippen molar-refractivity contribution in [2.45, 2.75) is 38.6 Å². The van der Waals surface area contributed by atoms with Crippen LogP contribution in [0.25, 0.3) is 0 Å². The van der Waals surface area contributed by atoms with Gasteiger partial charge < -0.3 is 16.0 Å². The molecule has 0 unspecified atom stereocenters. The third kappa shape index (κ3) is 3.48. The second kappa shape index (κ2) is 7.24. The molecule has 1 aliphatic rings. The van der Waals surface area contributed by atoms with Gasteiger partial charge in [-0.2, -0.15) is 0 Å². The molecule has 0 saturated heterocycles. The number of pyridine rings is 1. The first-order valence-corrected chi connectivity index (χ1v) is 7.47. The molecule has 1 aliphatic carbocycles. The number of hydrogen-bond donors (Lipinski definition) is 2. The number of hydrogen-bond acceptors (Lipinski definition) is 4. The van der Waals surface area contributed by atoms with E-state index in [4.69, 9.17) is 5.73 Å². The van der Waals surface area contributed by atoms with Gasteiger partial charge in [0.15, 0.2) is 0 Å². The third-order valence-electron chi connectivity index (χ3n) is 3.78. The first-order valence-electron chi connectivity index (χ1n) is 7.47. The van der Waals surface area contributed by atoms with Crippen molar-refractivity contribution >= 4 is 11.6 Å². The molecule has 1 heterocycles. The maximum Gasteiger partial charge on any atom is 0.269 e. The monoisotopic (exact) mass is 276 g/mol. The molecule has 20 heavy (non-hydrogen) atoms. The third-order valence-corrected chi connectivity index (χ3v) is 3.78. The lowest BCUT2D eigenvalue weighted by atomic mass is 10.1. The molecule has 1 amide bonds. The summed E-state index contributed by atoms with van der Waals surface area (Å²) in [6.07, 6.45) is 6.68. The topological polar surface area (TPSA) is 71.2 Å². The summed E-state index contributed by atoms with van der Waals surface area (Å²) in [5, 5.41) is 2.78. The SMILES string of the molecule is CCNC(=O)c1cc(N(CCN)C2CCCC2)ccn1. The van der Waals surface area contributed by atoms with Crippen LogP contribution < -0.4 is 16.0 Å². The van der Waals surface area contributed by atoms with Crippen molar-refractivity contribution in [3.63, 3.8) is 0 Å². The number of carbonyl (C=O) groups is 1. The fourth-order valence-corrected chi connectivity index (χ4v) is 2.85. The largest absolute Gasteiger partial charge is 0.367 e. The van der Waals surface area contributed by atoms with Gasteiger partial charge in [-0.15, -0.1) is 0 Å². The molecule has 1 saturated carbocycles. The Labute approximate surface area is 120 Å². The van der Waals surface area contributed by atoms with E-state index >= 15 is 0 Å². The predicted octanol–water partition coefficient (Wildman–Crippen LogP) is 1.54. The van der Waals surface area contributed by atoms with Gasteiger partial charge in [0.1, 0.15) is 5.69 Å². The normalized spacial score (nSPS) is 15.3. The lowest BCUT2D eigenvalue weighted by Crippen LogP contribution is -2.37. The van der Waals surface area contributed by atoms with E-state index in [2.05, 4.69) is 15.2 Å². The van der Waals surface area contributed by atoms with Gasteiger partial charge in [-0.3, -0.25) is 9.78 Å². The van der Waals surface area contributed by atoms with Crippen molar-refractivity contribution < 1.29 is 4.79 Å². The van der Waals surface area contributed by atoms with Crippen LogP contribution >= 0.6 is 0 Å². The minimum absolute atomic E-state index is 0.117. The van der Waals surface area contributed by atoms with Gasteiger partial charge in [-0.1, -0.05) is 12.8 Å². The van der Waals surface area contributed by atoms with E-state index in [1.807, 2.05) is 19.1 Å². The molecule has 0 radical (unpaired) electrons. The second-order valence-corrected chi connectivity index (χ2v) is 5.18. The van der Waals surface area contributed by atoms with E-state index in [9.17, 15) is 4.79 Å². The van der Waals surface area contributed by atoms with E-state index in [0.29, 0.717) is 24.8 Å². The van der Waals surface area contributed by atoms with Crippen LogP contribution in [0.15, 0.2) is 18.3 Å². The van der Waals surface area contributed by atoms with Crippen LogP contribution in [-0.4, -0.2) is 36.6 Å². The second-order valence-electron chi connectivity index (χ2n) is 5.18. The zero-order chi connectivity index (χ0) is 14.4. The lowest BCUT2D eigenvalue weighted by Gasteiger charge is -2.31. The Bertz CT molecular complexity index is 443. The molecule has 110 valence electrons. The Balaban J connectivity index is 2.19. The van der Waals surface area contributed by atoms with Crippen molar-refractivity contribution in [3.8, 4) is 0 Å². The first kappa shape index (κ1) is 14.8. The van der Waals surface area contributed by atoms with Crippen molar-refractivity contribution in [2.24, 2.45) is 5.73 Å². The molecule has 1 aromatic heterocycles. The first-order chi connectivity index (χ1) is 9.76. The summed E-state index contributed by atoms with van der Waals surface area (Å²) in [6.45, 7) is 3.96. The van der Waals surface area contributed by atoms with Crippen LogP contribution in [0, 0.1) is 0 Å². The molecule has 1 aromatic rings. The van der Waals surface area contributed by atoms with Crippen molar-refractivity contribution in [2.75, 3.05) is 24.5 Å². The fourth-order valence-electron chi connectivity index (χ4n) is 2.85. The smallest absolute Gasteiger partial charge is 0.269 e. The highest BCUT2D eigenvalue weighted by Crippen LogP contribution is 2.28. The maximum atomic E-state index is 11.9. The summed E-state index contributed by atoms with van der Waals surface area (Å²) in [5.41, 5.74) is 7.27. The van der Waals surface area contributed by atoms with Gasteiger partial charge in [-0.05, 0) is 31.9 Å². The fraction of sp³-hybridized carbons (Fsp3) is 0.600. The standard InChI is InChI=1S/C15H24N4O/c1-2-17-15(20)14-11-13(7-9-18-14)19(10-8-16)12-5-3-4-6-12/h7,9,11-12H,2-6,8,10,16H2,1H3,(H,17,20). The van der Waals surface area contributed by atoms with Gasteiger partial charge in [0, 0.05) is 37.6 Å². The van der Waals surface area contributed by atoms with Crippen molar-refractivity contribution in [3.05, 3.63) is 24.0 Å². The van der Waals surface area contributed by atoms with Gasteiger partial charge in [0.2, 0.25) is 0 Å². The highest BCUT2D eigenvalue weighted by Gasteiger charge is 2.23. The minimum Gasteiger partial charge on any atom is -0.367 e. The number of nitrogens with two attached hydrogens (primary N) is 1. The molecular formula is C15H24N4O. The van der Waals surface area contributed by atoms with Crippen LogP contribution in [0.3, 0.4) is 0 Å². The summed E-state index contributed by atoms with van der Waals surface area (Å²) >= 11 is 0. The summed E-state index contributed by atoms with van der Waals surface area (Å²) in [4.78, 5) is 18.4. The zero-order valence-corrected chi connectivity index (χ0v) is 12.1. The molecular weight excluding hydrogens is 252 g/mol. The van der Waals surface area contributed by atoms with Crippen LogP contribution in [-0.2, 0) is 0 Å². The number of rotatable bonds is 6. The lowest BCUT2D eigenvalue weighted by molar-refractivity contribution is 0.0951. The van der Waals surface area contributed by atoms with Gasteiger partial charge in [0.25, 0.3) is 5.91 Å². The number of nitrogens with one attached hydrogen (secondary N) is 1. The van der Waals surface area contributed by atoms with E-state index in [1.54, 1.807) is 6.20 Å². The van der Waals surface area contributed by atoms with E-state index in [-0.39, 0.29) is 5.91 Å². The highest BCUT2D eigenvalue weighted by molar-refractivity contribution is 5.93. The average molecular weight is 276 g/mol. The Morgan fingerprint density at radius 1 is 1.50 bits per heavy atom. The number of anilines is 1. The highest BCUT2D eigenvalue weighted by atomic mass is 16.1. The summed E-state index contributed by atoms with van der Waals surface area (Å²) in [6, 6.07) is 4.39. The van der Waals surface area contributed by atoms with Crippen LogP contribution in [0.2, 0.25) is 0 Å². The number of carbonyl (C=O) groups excluding carboxylic acids is 1. The van der Waals surface area contributed by atoms with Gasteiger partial charge in [-0.25, -0.2) is 0 Å². The minimum atomic E-state index is -0.117. The number of aromatic nitrogens is 1. The molecule has 5 nitrogen and oxygen atoms in total. The summed E-state index contributed by atoms with van der Waals surface area (Å²) in [7, 11) is 0. The molecule has 0 spiro atoms. The molecule has 1 fully saturated rings. The van der Waals surface area contributed by atoms with Crippen molar-refractivity contribution in [1.82, 2.24) is 10.3 Å². The van der Waals surface area contributed by atoms with Crippen LogP contribution in [0.4, 0.5) is 5.69 Å².